The van der Waals surface area contributed by atoms with Gasteiger partial charge < -0.3 is 4.98 Å². The maximum absolute atomic E-state index is 10.9. The van der Waals surface area contributed by atoms with Crippen molar-refractivity contribution in [2.75, 3.05) is 0 Å². The van der Waals surface area contributed by atoms with Crippen LogP contribution in [0.1, 0.15) is 12.6 Å². The lowest BCUT2D eigenvalue weighted by Gasteiger charge is -2.02. The molecule has 0 unspecified atom stereocenters. The van der Waals surface area contributed by atoms with E-state index in [-0.39, 0.29) is 5.56 Å². The number of nitrogens with zero attached hydrogens (tertiary/aromatic N) is 1. The van der Waals surface area contributed by atoms with Crippen LogP contribution < -0.4 is 5.56 Å². The van der Waals surface area contributed by atoms with Crippen molar-refractivity contribution in [3.8, 4) is 11.1 Å². The summed E-state index contributed by atoms with van der Waals surface area (Å²) < 4.78 is 0. The number of nitrogens with one attached hydrogen (secondary N) is 1. The number of rotatable bonds is 2. The van der Waals surface area contributed by atoms with Gasteiger partial charge in [-0.15, -0.1) is 0 Å². The highest BCUT2D eigenvalue weighted by molar-refractivity contribution is 5.62. The minimum atomic E-state index is -0.0801. The molecule has 0 saturated carbocycles. The summed E-state index contributed by atoms with van der Waals surface area (Å²) in [5, 5.41) is 0. The van der Waals surface area contributed by atoms with E-state index in [1.165, 1.54) is 6.07 Å². The van der Waals surface area contributed by atoms with Crippen LogP contribution in [0.2, 0.25) is 0 Å². The quantitative estimate of drug-likeness (QED) is 0.805. The topological polar surface area (TPSA) is 45.8 Å². The van der Waals surface area contributed by atoms with Crippen LogP contribution in [0.15, 0.2) is 41.5 Å². The van der Waals surface area contributed by atoms with Crippen molar-refractivity contribution in [1.82, 2.24) is 9.97 Å². The van der Waals surface area contributed by atoms with Gasteiger partial charge in [-0.05, 0) is 35.7 Å². The average Bonchev–Trinajstić information content (AvgIpc) is 2.30. The Labute approximate surface area is 87.8 Å². The van der Waals surface area contributed by atoms with Crippen molar-refractivity contribution >= 4 is 0 Å². The number of hydrogen-bond donors (Lipinski definition) is 1. The Balaban J connectivity index is 2.44. The first-order valence-corrected chi connectivity index (χ1v) is 4.93. The standard InChI is InChI=1S/C12H12N2O/c1-2-11-7-9(5-6-13-11)10-3-4-12(15)14-8-10/h3-8H,2H2,1H3,(H,14,15). The predicted octanol–water partition coefficient (Wildman–Crippen LogP) is 2.00. The molecule has 0 spiro atoms. The third-order valence-corrected chi connectivity index (χ3v) is 2.30. The van der Waals surface area contributed by atoms with E-state index in [0.29, 0.717) is 0 Å². The zero-order chi connectivity index (χ0) is 10.7. The van der Waals surface area contributed by atoms with Gasteiger partial charge >= 0.3 is 0 Å². The molecule has 2 rings (SSSR count). The second-order valence-electron chi connectivity index (χ2n) is 3.33. The maximum atomic E-state index is 10.9. The Kier molecular flexibility index (Phi) is 2.63. The highest BCUT2D eigenvalue weighted by Crippen LogP contribution is 2.17. The second kappa shape index (κ2) is 4.09. The molecule has 3 nitrogen and oxygen atoms in total. The zero-order valence-corrected chi connectivity index (χ0v) is 8.53. The molecule has 0 aromatic carbocycles. The van der Waals surface area contributed by atoms with Crippen LogP contribution in [-0.4, -0.2) is 9.97 Å². The van der Waals surface area contributed by atoms with Crippen molar-refractivity contribution in [2.24, 2.45) is 0 Å². The number of pyridine rings is 2. The Morgan fingerprint density at radius 3 is 2.80 bits per heavy atom. The van der Waals surface area contributed by atoms with Crippen LogP contribution in [0.4, 0.5) is 0 Å². The van der Waals surface area contributed by atoms with Crippen LogP contribution >= 0.6 is 0 Å². The number of aryl methyl sites for hydroxylation is 1. The van der Waals surface area contributed by atoms with Gasteiger partial charge in [0.05, 0.1) is 0 Å². The second-order valence-corrected chi connectivity index (χ2v) is 3.33. The summed E-state index contributed by atoms with van der Waals surface area (Å²) in [6, 6.07) is 7.31. The average molecular weight is 200 g/mol. The first-order chi connectivity index (χ1) is 7.29. The molecule has 0 saturated heterocycles. The highest BCUT2D eigenvalue weighted by Gasteiger charge is 1.98. The summed E-state index contributed by atoms with van der Waals surface area (Å²) in [5.41, 5.74) is 3.06. The van der Waals surface area contributed by atoms with Crippen molar-refractivity contribution in [3.05, 3.63) is 52.7 Å². The van der Waals surface area contributed by atoms with Crippen molar-refractivity contribution in [1.29, 1.82) is 0 Å². The lowest BCUT2D eigenvalue weighted by atomic mass is 10.1. The van der Waals surface area contributed by atoms with Gasteiger partial charge in [0.25, 0.3) is 0 Å². The Morgan fingerprint density at radius 1 is 1.27 bits per heavy atom. The first-order valence-electron chi connectivity index (χ1n) is 4.93. The Hall–Kier alpha value is -1.90. The molecule has 2 aromatic heterocycles. The largest absolute Gasteiger partial charge is 0.328 e. The molecule has 0 aliphatic rings. The summed E-state index contributed by atoms with van der Waals surface area (Å²) in [6.07, 6.45) is 4.42. The summed E-state index contributed by atoms with van der Waals surface area (Å²) >= 11 is 0. The van der Waals surface area contributed by atoms with Crippen molar-refractivity contribution in [3.63, 3.8) is 0 Å². The SMILES string of the molecule is CCc1cc(-c2ccc(=O)[nH]c2)ccn1. The maximum Gasteiger partial charge on any atom is 0.247 e. The van der Waals surface area contributed by atoms with Crippen LogP contribution in [0.25, 0.3) is 11.1 Å². The normalized spacial score (nSPS) is 10.2. The van der Waals surface area contributed by atoms with Gasteiger partial charge in [-0.3, -0.25) is 9.78 Å². The molecule has 15 heavy (non-hydrogen) atoms. The summed E-state index contributed by atoms with van der Waals surface area (Å²) in [5.74, 6) is 0. The van der Waals surface area contributed by atoms with Gasteiger partial charge in [-0.2, -0.15) is 0 Å². The fraction of sp³-hybridized carbons (Fsp3) is 0.167. The lowest BCUT2D eigenvalue weighted by Crippen LogP contribution is -2.01. The molecular formula is C12H12N2O. The van der Waals surface area contributed by atoms with Crippen molar-refractivity contribution < 1.29 is 0 Å². The van der Waals surface area contributed by atoms with Gasteiger partial charge in [0, 0.05) is 24.2 Å². The van der Waals surface area contributed by atoms with Crippen LogP contribution in [0.5, 0.6) is 0 Å². The molecule has 3 heteroatoms. The molecule has 0 bridgehead atoms. The zero-order valence-electron chi connectivity index (χ0n) is 8.53. The van der Waals surface area contributed by atoms with E-state index in [1.54, 1.807) is 12.4 Å². The molecule has 76 valence electrons. The van der Waals surface area contributed by atoms with E-state index < -0.39 is 0 Å². The molecule has 0 radical (unpaired) electrons. The number of aromatic nitrogens is 2. The molecular weight excluding hydrogens is 188 g/mol. The summed E-state index contributed by atoms with van der Waals surface area (Å²) in [6.45, 7) is 2.07. The molecule has 0 atom stereocenters. The van der Waals surface area contributed by atoms with Crippen LogP contribution in [-0.2, 0) is 6.42 Å². The number of H-pyrrole nitrogens is 1. The summed E-state index contributed by atoms with van der Waals surface area (Å²) in [7, 11) is 0. The first kappa shape index (κ1) is 9.65. The van der Waals surface area contributed by atoms with Gasteiger partial charge in [-0.25, -0.2) is 0 Å². The molecule has 0 amide bonds. The van der Waals surface area contributed by atoms with E-state index in [2.05, 4.69) is 16.9 Å². The summed E-state index contributed by atoms with van der Waals surface area (Å²) in [4.78, 5) is 17.8. The molecule has 1 N–H and O–H groups in total. The van der Waals surface area contributed by atoms with Crippen LogP contribution in [0, 0.1) is 0 Å². The van der Waals surface area contributed by atoms with E-state index >= 15 is 0 Å². The Bertz CT molecular complexity index is 497. The fourth-order valence-corrected chi connectivity index (χ4v) is 1.44. The van der Waals surface area contributed by atoms with E-state index in [4.69, 9.17) is 0 Å². The van der Waals surface area contributed by atoms with E-state index in [0.717, 1.165) is 23.2 Å². The monoisotopic (exact) mass is 200 g/mol. The van der Waals surface area contributed by atoms with Gasteiger partial charge in [-0.1, -0.05) is 6.92 Å². The third-order valence-electron chi connectivity index (χ3n) is 2.30. The van der Waals surface area contributed by atoms with E-state index in [9.17, 15) is 4.79 Å². The fourth-order valence-electron chi connectivity index (χ4n) is 1.44. The smallest absolute Gasteiger partial charge is 0.247 e. The molecule has 2 heterocycles. The number of aromatic amines is 1. The molecule has 2 aromatic rings. The van der Waals surface area contributed by atoms with E-state index in [1.807, 2.05) is 18.2 Å². The minimum absolute atomic E-state index is 0.0801. The van der Waals surface area contributed by atoms with Gasteiger partial charge in [0.15, 0.2) is 0 Å². The van der Waals surface area contributed by atoms with Gasteiger partial charge in [0.2, 0.25) is 5.56 Å². The molecule has 0 aliphatic carbocycles. The highest BCUT2D eigenvalue weighted by atomic mass is 16.1. The number of hydrogen-bond acceptors (Lipinski definition) is 2. The minimum Gasteiger partial charge on any atom is -0.328 e. The lowest BCUT2D eigenvalue weighted by molar-refractivity contribution is 1.04. The third kappa shape index (κ3) is 2.13. The van der Waals surface area contributed by atoms with Gasteiger partial charge in [0.1, 0.15) is 0 Å². The Morgan fingerprint density at radius 2 is 2.13 bits per heavy atom. The predicted molar refractivity (Wildman–Crippen MR) is 59.7 cm³/mol. The van der Waals surface area contributed by atoms with Crippen LogP contribution in [0.3, 0.4) is 0 Å². The molecule has 0 fully saturated rings. The van der Waals surface area contributed by atoms with Crippen molar-refractivity contribution in [2.45, 2.75) is 13.3 Å². The molecule has 0 aliphatic heterocycles.